The second kappa shape index (κ2) is 6.85. The van der Waals surface area contributed by atoms with Gasteiger partial charge in [0.15, 0.2) is 0 Å². The average molecular weight is 336 g/mol. The molecule has 4 aromatic rings. The maximum atomic E-state index is 4.61. The molecule has 1 N–H and O–H groups in total. The molecule has 0 saturated carbocycles. The number of benzene rings is 2. The van der Waals surface area contributed by atoms with Crippen molar-refractivity contribution in [3.05, 3.63) is 90.8 Å². The van der Waals surface area contributed by atoms with Crippen molar-refractivity contribution in [3.63, 3.8) is 0 Å². The number of nitrogens with zero attached hydrogens (tertiary/aromatic N) is 1. The monoisotopic (exact) mass is 336 g/mol. The molecule has 2 heterocycles. The van der Waals surface area contributed by atoms with E-state index < -0.39 is 0 Å². The first-order chi connectivity index (χ1) is 12.8. The van der Waals surface area contributed by atoms with Crippen LogP contribution in [0.5, 0.6) is 0 Å². The fourth-order valence-electron chi connectivity index (χ4n) is 3.26. The fourth-order valence-corrected chi connectivity index (χ4v) is 3.26. The number of H-pyrrole nitrogens is 1. The summed E-state index contributed by atoms with van der Waals surface area (Å²) in [7, 11) is 0. The van der Waals surface area contributed by atoms with Gasteiger partial charge in [0.05, 0.1) is 0 Å². The van der Waals surface area contributed by atoms with Gasteiger partial charge in [-0.3, -0.25) is 0 Å². The third-order valence-corrected chi connectivity index (χ3v) is 4.58. The predicted molar refractivity (Wildman–Crippen MR) is 112 cm³/mol. The topological polar surface area (TPSA) is 28.7 Å². The summed E-state index contributed by atoms with van der Waals surface area (Å²) < 4.78 is 0. The van der Waals surface area contributed by atoms with Crippen molar-refractivity contribution in [1.29, 1.82) is 0 Å². The van der Waals surface area contributed by atoms with Crippen LogP contribution in [0.2, 0.25) is 0 Å². The molecule has 26 heavy (non-hydrogen) atoms. The minimum atomic E-state index is 0.887. The highest BCUT2D eigenvalue weighted by Crippen LogP contribution is 2.29. The van der Waals surface area contributed by atoms with E-state index in [1.807, 2.05) is 31.3 Å². The van der Waals surface area contributed by atoms with Crippen molar-refractivity contribution in [2.24, 2.45) is 0 Å². The van der Waals surface area contributed by atoms with E-state index in [9.17, 15) is 0 Å². The minimum absolute atomic E-state index is 0.887. The molecular formula is C24H20N2. The summed E-state index contributed by atoms with van der Waals surface area (Å²) in [5.41, 5.74) is 7.73. The van der Waals surface area contributed by atoms with Crippen LogP contribution in [0.25, 0.3) is 45.4 Å². The average Bonchev–Trinajstić information content (AvgIpc) is 3.06. The number of aromatic amines is 1. The molecule has 0 bridgehead atoms. The lowest BCUT2D eigenvalue weighted by atomic mass is 10.0. The standard InChI is InChI=1S/C24H20N2/c1-3-8-21-22-15-20(16-25-24(22)26-23(21)4-2)19-13-11-18(12-14-19)17-9-6-5-7-10-17/h3-16H,2H2,1H3,(H,25,26)/b8-3-. The van der Waals surface area contributed by atoms with Gasteiger partial charge in [0, 0.05) is 28.4 Å². The maximum Gasteiger partial charge on any atom is 0.138 e. The van der Waals surface area contributed by atoms with Crippen molar-refractivity contribution in [2.45, 2.75) is 6.92 Å². The number of fused-ring (bicyclic) bond motifs is 1. The molecule has 0 unspecified atom stereocenters. The van der Waals surface area contributed by atoms with E-state index >= 15 is 0 Å². The maximum absolute atomic E-state index is 4.61. The molecule has 0 fully saturated rings. The highest BCUT2D eigenvalue weighted by molar-refractivity contribution is 5.93. The predicted octanol–water partition coefficient (Wildman–Crippen LogP) is 6.57. The Bertz CT molecular complexity index is 1080. The Balaban J connectivity index is 1.77. The van der Waals surface area contributed by atoms with Crippen LogP contribution in [0.1, 0.15) is 18.2 Å². The van der Waals surface area contributed by atoms with E-state index in [1.54, 1.807) is 0 Å². The summed E-state index contributed by atoms with van der Waals surface area (Å²) in [5.74, 6) is 0. The number of hydrogen-bond acceptors (Lipinski definition) is 1. The highest BCUT2D eigenvalue weighted by Gasteiger charge is 2.10. The van der Waals surface area contributed by atoms with Crippen LogP contribution in [0.4, 0.5) is 0 Å². The Morgan fingerprint density at radius 3 is 2.19 bits per heavy atom. The van der Waals surface area contributed by atoms with E-state index in [2.05, 4.69) is 77.2 Å². The fraction of sp³-hybridized carbons (Fsp3) is 0.0417. The van der Waals surface area contributed by atoms with Crippen molar-refractivity contribution < 1.29 is 0 Å². The first-order valence-corrected chi connectivity index (χ1v) is 8.73. The van der Waals surface area contributed by atoms with Crippen LogP contribution in [0.15, 0.2) is 79.5 Å². The smallest absolute Gasteiger partial charge is 0.138 e. The Hall–Kier alpha value is -3.39. The number of pyridine rings is 1. The van der Waals surface area contributed by atoms with Crippen molar-refractivity contribution in [2.75, 3.05) is 0 Å². The van der Waals surface area contributed by atoms with Crippen LogP contribution in [-0.4, -0.2) is 9.97 Å². The lowest BCUT2D eigenvalue weighted by Gasteiger charge is -2.05. The third-order valence-electron chi connectivity index (χ3n) is 4.58. The second-order valence-electron chi connectivity index (χ2n) is 6.22. The zero-order valence-electron chi connectivity index (χ0n) is 14.7. The highest BCUT2D eigenvalue weighted by atomic mass is 14.9. The van der Waals surface area contributed by atoms with Crippen molar-refractivity contribution in [3.8, 4) is 22.3 Å². The van der Waals surface area contributed by atoms with Gasteiger partial charge in [-0.05, 0) is 35.8 Å². The third kappa shape index (κ3) is 2.86. The number of hydrogen-bond donors (Lipinski definition) is 1. The quantitative estimate of drug-likeness (QED) is 0.448. The van der Waals surface area contributed by atoms with Gasteiger partial charge in [0.25, 0.3) is 0 Å². The molecule has 0 saturated heterocycles. The Kier molecular flexibility index (Phi) is 4.24. The molecule has 0 aliphatic carbocycles. The van der Waals surface area contributed by atoms with Gasteiger partial charge in [-0.15, -0.1) is 0 Å². The number of allylic oxidation sites excluding steroid dienone is 1. The Morgan fingerprint density at radius 1 is 0.885 bits per heavy atom. The van der Waals surface area contributed by atoms with E-state index in [4.69, 9.17) is 0 Å². The molecule has 0 spiro atoms. The molecule has 2 nitrogen and oxygen atoms in total. The molecule has 0 atom stereocenters. The summed E-state index contributed by atoms with van der Waals surface area (Å²) in [4.78, 5) is 7.94. The molecule has 126 valence electrons. The summed E-state index contributed by atoms with van der Waals surface area (Å²) in [6.07, 6.45) is 7.89. The van der Waals surface area contributed by atoms with Gasteiger partial charge in [0.2, 0.25) is 0 Å². The number of rotatable bonds is 4. The molecule has 4 rings (SSSR count). The van der Waals surface area contributed by atoms with Crippen LogP contribution < -0.4 is 0 Å². The van der Waals surface area contributed by atoms with Gasteiger partial charge >= 0.3 is 0 Å². The molecule has 0 amide bonds. The van der Waals surface area contributed by atoms with E-state index in [1.165, 1.54) is 11.1 Å². The zero-order chi connectivity index (χ0) is 17.9. The second-order valence-corrected chi connectivity index (χ2v) is 6.22. The molecule has 0 aliphatic rings. The Morgan fingerprint density at radius 2 is 1.54 bits per heavy atom. The van der Waals surface area contributed by atoms with Gasteiger partial charge < -0.3 is 4.98 Å². The van der Waals surface area contributed by atoms with E-state index in [-0.39, 0.29) is 0 Å². The summed E-state index contributed by atoms with van der Waals surface area (Å²) >= 11 is 0. The lowest BCUT2D eigenvalue weighted by Crippen LogP contribution is -1.83. The largest absolute Gasteiger partial charge is 0.339 e. The molecule has 2 heteroatoms. The lowest BCUT2D eigenvalue weighted by molar-refractivity contribution is 1.31. The minimum Gasteiger partial charge on any atom is -0.339 e. The van der Waals surface area contributed by atoms with Gasteiger partial charge in [-0.1, -0.05) is 73.3 Å². The van der Waals surface area contributed by atoms with Crippen molar-refractivity contribution >= 4 is 23.2 Å². The summed E-state index contributed by atoms with van der Waals surface area (Å²) in [5, 5.41) is 1.11. The first-order valence-electron chi connectivity index (χ1n) is 8.73. The van der Waals surface area contributed by atoms with Crippen molar-refractivity contribution in [1.82, 2.24) is 9.97 Å². The van der Waals surface area contributed by atoms with E-state index in [0.717, 1.165) is 33.4 Å². The normalized spacial score (nSPS) is 11.3. The zero-order valence-corrected chi connectivity index (χ0v) is 14.7. The molecule has 2 aromatic heterocycles. The molecule has 0 radical (unpaired) electrons. The van der Waals surface area contributed by atoms with Crippen LogP contribution in [0, 0.1) is 0 Å². The summed E-state index contributed by atoms with van der Waals surface area (Å²) in [6, 6.07) is 21.2. The van der Waals surface area contributed by atoms with Gasteiger partial charge in [0.1, 0.15) is 5.65 Å². The Labute approximate surface area is 153 Å². The van der Waals surface area contributed by atoms with E-state index in [0.29, 0.717) is 0 Å². The van der Waals surface area contributed by atoms with Crippen LogP contribution >= 0.6 is 0 Å². The first kappa shape index (κ1) is 16.1. The number of aromatic nitrogens is 2. The molecule has 0 aliphatic heterocycles. The SMILES string of the molecule is C=Cc1[nH]c2ncc(-c3ccc(-c4ccccc4)cc3)cc2c1/C=C\C. The molecular weight excluding hydrogens is 316 g/mol. The van der Waals surface area contributed by atoms with Gasteiger partial charge in [-0.2, -0.15) is 0 Å². The van der Waals surface area contributed by atoms with Crippen LogP contribution in [-0.2, 0) is 0 Å². The molecule has 2 aromatic carbocycles. The van der Waals surface area contributed by atoms with Crippen LogP contribution in [0.3, 0.4) is 0 Å². The number of nitrogens with one attached hydrogen (secondary N) is 1. The van der Waals surface area contributed by atoms with Gasteiger partial charge in [-0.25, -0.2) is 4.98 Å². The summed E-state index contributed by atoms with van der Waals surface area (Å²) in [6.45, 7) is 5.91.